The highest BCUT2D eigenvalue weighted by Gasteiger charge is 2.26. The first-order valence-corrected chi connectivity index (χ1v) is 10.9. The van der Waals surface area contributed by atoms with Gasteiger partial charge in [-0.2, -0.15) is 0 Å². The lowest BCUT2D eigenvalue weighted by atomic mass is 9.97. The molecular formula is C18H28ClN3O3S. The number of rotatable bonds is 5. The zero-order valence-electron chi connectivity index (χ0n) is 15.6. The number of piperidine rings is 1. The van der Waals surface area contributed by atoms with Crippen molar-refractivity contribution >= 4 is 27.7 Å². The molecule has 0 bridgehead atoms. The smallest absolute Gasteiger partial charge is 0.317 e. The van der Waals surface area contributed by atoms with Crippen LogP contribution < -0.4 is 10.0 Å². The second kappa shape index (κ2) is 8.59. The molecule has 1 aromatic carbocycles. The van der Waals surface area contributed by atoms with Crippen LogP contribution in [0.4, 0.5) is 4.79 Å². The van der Waals surface area contributed by atoms with Crippen LogP contribution in [-0.4, -0.2) is 44.5 Å². The Kier molecular flexibility index (Phi) is 6.93. The number of benzene rings is 1. The first-order chi connectivity index (χ1) is 12.0. The molecule has 2 amide bonds. The van der Waals surface area contributed by atoms with Crippen LogP contribution in [0.5, 0.6) is 0 Å². The zero-order chi connectivity index (χ0) is 19.4. The Hall–Kier alpha value is -1.31. The average molecular weight is 402 g/mol. The summed E-state index contributed by atoms with van der Waals surface area (Å²) in [6.45, 7) is 7.55. The fourth-order valence-electron chi connectivity index (χ4n) is 2.84. The lowest BCUT2D eigenvalue weighted by Gasteiger charge is -2.34. The standard InChI is InChI=1S/C18H28ClN3O3S/c1-18(2,3)21-17(23)22-10-8-14(9-11-22)12-20-26(24,25)13-15-4-6-16(19)7-5-15/h4-7,14,20H,8-13H2,1-3H3,(H,21,23). The highest BCUT2D eigenvalue weighted by Crippen LogP contribution is 2.18. The predicted octanol–water partition coefficient (Wildman–Crippen LogP) is 2.98. The zero-order valence-corrected chi connectivity index (χ0v) is 17.2. The second-order valence-electron chi connectivity index (χ2n) is 7.84. The highest BCUT2D eigenvalue weighted by atomic mass is 35.5. The summed E-state index contributed by atoms with van der Waals surface area (Å²) in [6, 6.07) is 6.75. The summed E-state index contributed by atoms with van der Waals surface area (Å²) in [5.41, 5.74) is 0.446. The van der Waals surface area contributed by atoms with Gasteiger partial charge in [-0.1, -0.05) is 23.7 Å². The molecule has 0 saturated carbocycles. The third-order valence-corrected chi connectivity index (χ3v) is 5.82. The van der Waals surface area contributed by atoms with E-state index in [-0.39, 0.29) is 23.2 Å². The molecule has 1 fully saturated rings. The molecule has 0 aliphatic carbocycles. The largest absolute Gasteiger partial charge is 0.333 e. The minimum atomic E-state index is -3.39. The van der Waals surface area contributed by atoms with Gasteiger partial charge in [0.1, 0.15) is 0 Å². The van der Waals surface area contributed by atoms with E-state index < -0.39 is 10.0 Å². The number of carbonyl (C=O) groups excluding carboxylic acids is 1. The Morgan fingerprint density at radius 3 is 2.31 bits per heavy atom. The van der Waals surface area contributed by atoms with Crippen LogP contribution in [0.2, 0.25) is 5.02 Å². The number of hydrogen-bond acceptors (Lipinski definition) is 3. The van der Waals surface area contributed by atoms with E-state index in [9.17, 15) is 13.2 Å². The summed E-state index contributed by atoms with van der Waals surface area (Å²) >= 11 is 5.82. The van der Waals surface area contributed by atoms with Gasteiger partial charge in [-0.3, -0.25) is 0 Å². The number of sulfonamides is 1. The normalized spacial score (nSPS) is 16.5. The highest BCUT2D eigenvalue weighted by molar-refractivity contribution is 7.88. The molecule has 1 aliphatic rings. The maximum absolute atomic E-state index is 12.2. The van der Waals surface area contributed by atoms with Crippen LogP contribution in [0.25, 0.3) is 0 Å². The first-order valence-electron chi connectivity index (χ1n) is 8.83. The minimum absolute atomic E-state index is 0.0562. The molecule has 0 aromatic heterocycles. The van der Waals surface area contributed by atoms with Crippen LogP contribution in [0.1, 0.15) is 39.2 Å². The van der Waals surface area contributed by atoms with Gasteiger partial charge in [0, 0.05) is 30.2 Å². The monoisotopic (exact) mass is 401 g/mol. The molecular weight excluding hydrogens is 374 g/mol. The van der Waals surface area contributed by atoms with E-state index in [1.807, 2.05) is 20.8 Å². The Morgan fingerprint density at radius 1 is 1.19 bits per heavy atom. The van der Waals surface area contributed by atoms with Crippen LogP contribution in [0, 0.1) is 5.92 Å². The number of halogens is 1. The van der Waals surface area contributed by atoms with Crippen molar-refractivity contribution in [3.63, 3.8) is 0 Å². The summed E-state index contributed by atoms with van der Waals surface area (Å²) < 4.78 is 27.2. The van der Waals surface area contributed by atoms with Crippen molar-refractivity contribution in [3.05, 3.63) is 34.9 Å². The SMILES string of the molecule is CC(C)(C)NC(=O)N1CCC(CNS(=O)(=O)Cc2ccc(Cl)cc2)CC1. The molecule has 0 atom stereocenters. The summed E-state index contributed by atoms with van der Waals surface area (Å²) in [5.74, 6) is 0.186. The van der Waals surface area contributed by atoms with Gasteiger partial charge in [0.05, 0.1) is 5.75 Å². The molecule has 2 rings (SSSR count). The van der Waals surface area contributed by atoms with Gasteiger partial charge >= 0.3 is 6.03 Å². The van der Waals surface area contributed by atoms with E-state index in [2.05, 4.69) is 10.0 Å². The molecule has 6 nitrogen and oxygen atoms in total. The van der Waals surface area contributed by atoms with Gasteiger partial charge in [0.2, 0.25) is 10.0 Å². The molecule has 0 radical (unpaired) electrons. The Balaban J connectivity index is 1.77. The average Bonchev–Trinajstić information content (AvgIpc) is 2.54. The van der Waals surface area contributed by atoms with Gasteiger partial charge in [0.15, 0.2) is 0 Å². The fourth-order valence-corrected chi connectivity index (χ4v) is 4.18. The van der Waals surface area contributed by atoms with E-state index in [1.165, 1.54) is 0 Å². The van der Waals surface area contributed by atoms with E-state index in [0.29, 0.717) is 30.2 Å². The maximum Gasteiger partial charge on any atom is 0.317 e. The minimum Gasteiger partial charge on any atom is -0.333 e. The summed E-state index contributed by atoms with van der Waals surface area (Å²) in [5, 5.41) is 3.54. The van der Waals surface area contributed by atoms with Crippen LogP contribution in [0.15, 0.2) is 24.3 Å². The number of amides is 2. The Morgan fingerprint density at radius 2 is 1.77 bits per heavy atom. The van der Waals surface area contributed by atoms with Crippen LogP contribution in [0.3, 0.4) is 0 Å². The third kappa shape index (κ3) is 7.13. The van der Waals surface area contributed by atoms with Crippen molar-refractivity contribution < 1.29 is 13.2 Å². The molecule has 0 spiro atoms. The van der Waals surface area contributed by atoms with E-state index >= 15 is 0 Å². The summed E-state index contributed by atoms with van der Waals surface area (Å²) in [6.07, 6.45) is 1.59. The molecule has 2 N–H and O–H groups in total. The van der Waals surface area contributed by atoms with Gasteiger partial charge in [0.25, 0.3) is 0 Å². The number of nitrogens with zero attached hydrogens (tertiary/aromatic N) is 1. The first kappa shape index (κ1) is 21.0. The lowest BCUT2D eigenvalue weighted by Crippen LogP contribution is -2.51. The molecule has 1 heterocycles. The topological polar surface area (TPSA) is 78.5 Å². The molecule has 0 unspecified atom stereocenters. The summed E-state index contributed by atoms with van der Waals surface area (Å²) in [7, 11) is -3.39. The second-order valence-corrected chi connectivity index (χ2v) is 10.1. The van der Waals surface area contributed by atoms with E-state index in [0.717, 1.165) is 12.8 Å². The number of urea groups is 1. The van der Waals surface area contributed by atoms with Gasteiger partial charge < -0.3 is 10.2 Å². The predicted molar refractivity (Wildman–Crippen MR) is 105 cm³/mol. The van der Waals surface area contributed by atoms with Gasteiger partial charge in [-0.05, 0) is 57.2 Å². The lowest BCUT2D eigenvalue weighted by molar-refractivity contribution is 0.163. The molecule has 1 aromatic rings. The van der Waals surface area contributed by atoms with Crippen LogP contribution in [-0.2, 0) is 15.8 Å². The quantitative estimate of drug-likeness (QED) is 0.796. The van der Waals surface area contributed by atoms with Crippen molar-refractivity contribution in [3.8, 4) is 0 Å². The van der Waals surface area contributed by atoms with Crippen molar-refractivity contribution in [1.82, 2.24) is 14.9 Å². The maximum atomic E-state index is 12.2. The van der Waals surface area contributed by atoms with Crippen LogP contribution >= 0.6 is 11.6 Å². The molecule has 146 valence electrons. The van der Waals surface area contributed by atoms with E-state index in [1.54, 1.807) is 29.2 Å². The Labute approximate surface area is 161 Å². The molecule has 1 saturated heterocycles. The number of likely N-dealkylation sites (tertiary alicyclic amines) is 1. The van der Waals surface area contributed by atoms with Crippen molar-refractivity contribution in [1.29, 1.82) is 0 Å². The van der Waals surface area contributed by atoms with Crippen molar-refractivity contribution in [2.45, 2.75) is 44.9 Å². The van der Waals surface area contributed by atoms with Crippen molar-refractivity contribution in [2.75, 3.05) is 19.6 Å². The third-order valence-electron chi connectivity index (χ3n) is 4.25. The molecule has 26 heavy (non-hydrogen) atoms. The fraction of sp³-hybridized carbons (Fsp3) is 0.611. The Bertz CT molecular complexity index is 706. The van der Waals surface area contributed by atoms with Gasteiger partial charge in [-0.25, -0.2) is 17.9 Å². The number of nitrogens with one attached hydrogen (secondary N) is 2. The van der Waals surface area contributed by atoms with Gasteiger partial charge in [-0.15, -0.1) is 0 Å². The summed E-state index contributed by atoms with van der Waals surface area (Å²) in [4.78, 5) is 14.0. The van der Waals surface area contributed by atoms with E-state index in [4.69, 9.17) is 11.6 Å². The molecule has 1 aliphatic heterocycles. The number of carbonyl (C=O) groups is 1. The number of hydrogen-bond donors (Lipinski definition) is 2. The van der Waals surface area contributed by atoms with Crippen molar-refractivity contribution in [2.24, 2.45) is 5.92 Å². The molecule has 8 heteroatoms.